The van der Waals surface area contributed by atoms with Gasteiger partial charge in [0.25, 0.3) is 0 Å². The zero-order valence-electron chi connectivity index (χ0n) is 4.94. The van der Waals surface area contributed by atoms with E-state index in [0.29, 0.717) is 0 Å². The first-order valence-electron chi connectivity index (χ1n) is 2.48. The summed E-state index contributed by atoms with van der Waals surface area (Å²) in [5, 5.41) is 11.0. The van der Waals surface area contributed by atoms with Crippen LogP contribution in [-0.2, 0) is 4.79 Å². The van der Waals surface area contributed by atoms with E-state index < -0.39 is 10.6 Å². The van der Waals surface area contributed by atoms with Crippen LogP contribution in [0.15, 0.2) is 17.4 Å². The van der Waals surface area contributed by atoms with Gasteiger partial charge in [-0.3, -0.25) is 0 Å². The SMILES string of the molecule is CC(=O)[N+]1([O-])C=CN=C1. The molecule has 1 rings (SSSR count). The Labute approximate surface area is 52.3 Å². The third-order valence-electron chi connectivity index (χ3n) is 1.10. The highest BCUT2D eigenvalue weighted by Crippen LogP contribution is 2.07. The van der Waals surface area contributed by atoms with Crippen LogP contribution in [0, 0.1) is 5.21 Å². The zero-order chi connectivity index (χ0) is 6.91. The second kappa shape index (κ2) is 1.75. The van der Waals surface area contributed by atoms with Crippen molar-refractivity contribution >= 4 is 12.2 Å². The van der Waals surface area contributed by atoms with Gasteiger partial charge in [0.05, 0.1) is 13.1 Å². The number of quaternary nitrogens is 1. The van der Waals surface area contributed by atoms with Crippen LogP contribution in [0.1, 0.15) is 6.92 Å². The van der Waals surface area contributed by atoms with E-state index in [1.54, 1.807) is 0 Å². The van der Waals surface area contributed by atoms with Crippen molar-refractivity contribution in [2.75, 3.05) is 0 Å². The Bertz CT molecular complexity index is 183. The summed E-state index contributed by atoms with van der Waals surface area (Å²) in [5.41, 5.74) is 0. The molecule has 4 nitrogen and oxygen atoms in total. The number of hydrogen-bond acceptors (Lipinski definition) is 3. The van der Waals surface area contributed by atoms with Crippen LogP contribution in [-0.4, -0.2) is 16.9 Å². The summed E-state index contributed by atoms with van der Waals surface area (Å²) >= 11 is 0. The fourth-order valence-corrected chi connectivity index (χ4v) is 0.500. The molecular weight excluding hydrogens is 120 g/mol. The van der Waals surface area contributed by atoms with Crippen molar-refractivity contribution in [3.8, 4) is 0 Å². The number of hydroxylamine groups is 3. The minimum Gasteiger partial charge on any atom is -0.614 e. The molecule has 1 atom stereocenters. The minimum absolute atomic E-state index is 0.479. The maximum absolute atomic E-state index is 11.0. The topological polar surface area (TPSA) is 52.5 Å². The molecule has 1 unspecified atom stereocenters. The molecule has 9 heavy (non-hydrogen) atoms. The Morgan fingerprint density at radius 1 is 1.78 bits per heavy atom. The predicted molar refractivity (Wildman–Crippen MR) is 31.9 cm³/mol. The van der Waals surface area contributed by atoms with Crippen molar-refractivity contribution in [2.24, 2.45) is 4.99 Å². The first-order valence-corrected chi connectivity index (χ1v) is 2.48. The molecule has 1 aliphatic rings. The van der Waals surface area contributed by atoms with Crippen LogP contribution in [0.25, 0.3) is 0 Å². The van der Waals surface area contributed by atoms with E-state index >= 15 is 0 Å². The Morgan fingerprint density at radius 2 is 2.44 bits per heavy atom. The van der Waals surface area contributed by atoms with Crippen molar-refractivity contribution in [1.29, 1.82) is 0 Å². The molecule has 0 fully saturated rings. The van der Waals surface area contributed by atoms with Gasteiger partial charge in [-0.05, 0) is 0 Å². The number of aliphatic imine (C=N–C) groups is 1. The highest BCUT2D eigenvalue weighted by Gasteiger charge is 2.20. The van der Waals surface area contributed by atoms with Gasteiger partial charge in [-0.25, -0.2) is 14.4 Å². The lowest BCUT2D eigenvalue weighted by Gasteiger charge is -2.25. The molecule has 0 bridgehead atoms. The molecule has 0 N–H and O–H groups in total. The molecule has 0 spiro atoms. The molecule has 0 aromatic heterocycles. The number of hydrogen-bond donors (Lipinski definition) is 0. The Balaban J connectivity index is 2.88. The van der Waals surface area contributed by atoms with Crippen LogP contribution in [0.2, 0.25) is 0 Å². The fraction of sp³-hybridized carbons (Fsp3) is 0.200. The molecule has 0 saturated heterocycles. The van der Waals surface area contributed by atoms with E-state index in [2.05, 4.69) is 4.99 Å². The monoisotopic (exact) mass is 126 g/mol. The first-order chi connectivity index (χ1) is 4.15. The van der Waals surface area contributed by atoms with Crippen LogP contribution in [0.3, 0.4) is 0 Å². The first kappa shape index (κ1) is 6.12. The quantitative estimate of drug-likeness (QED) is 0.347. The van der Waals surface area contributed by atoms with Crippen molar-refractivity contribution in [1.82, 2.24) is 0 Å². The molecule has 4 heteroatoms. The molecule has 0 radical (unpaired) electrons. The maximum Gasteiger partial charge on any atom is 0.321 e. The summed E-state index contributed by atoms with van der Waals surface area (Å²) < 4.78 is -1.06. The van der Waals surface area contributed by atoms with Gasteiger partial charge >= 0.3 is 5.91 Å². The van der Waals surface area contributed by atoms with E-state index in [0.717, 1.165) is 6.34 Å². The molecule has 0 saturated carbocycles. The van der Waals surface area contributed by atoms with Crippen LogP contribution in [0.5, 0.6) is 0 Å². The van der Waals surface area contributed by atoms with Crippen LogP contribution >= 0.6 is 0 Å². The number of carbonyl (C=O) groups excluding carboxylic acids is 1. The van der Waals surface area contributed by atoms with Crippen molar-refractivity contribution in [3.05, 3.63) is 17.6 Å². The lowest BCUT2D eigenvalue weighted by molar-refractivity contribution is -0.637. The largest absolute Gasteiger partial charge is 0.614 e. The zero-order valence-corrected chi connectivity index (χ0v) is 4.94. The third kappa shape index (κ3) is 0.893. The predicted octanol–water partition coefficient (Wildman–Crippen LogP) is 0.361. The van der Waals surface area contributed by atoms with Crippen molar-refractivity contribution in [3.63, 3.8) is 0 Å². The van der Waals surface area contributed by atoms with E-state index in [9.17, 15) is 10.0 Å². The molecular formula is C5H6N2O2. The minimum atomic E-state index is -1.06. The highest BCUT2D eigenvalue weighted by molar-refractivity contribution is 5.77. The second-order valence-corrected chi connectivity index (χ2v) is 1.79. The van der Waals surface area contributed by atoms with Gasteiger partial charge in [-0.2, -0.15) is 0 Å². The Kier molecular flexibility index (Phi) is 1.19. The Morgan fingerprint density at radius 3 is 2.67 bits per heavy atom. The maximum atomic E-state index is 11.0. The molecule has 1 aliphatic heterocycles. The summed E-state index contributed by atoms with van der Waals surface area (Å²) in [7, 11) is 0. The summed E-state index contributed by atoms with van der Waals surface area (Å²) in [6.45, 7) is 1.23. The van der Waals surface area contributed by atoms with E-state index in [-0.39, 0.29) is 0 Å². The summed E-state index contributed by atoms with van der Waals surface area (Å²) in [6.07, 6.45) is 3.54. The van der Waals surface area contributed by atoms with Gasteiger partial charge in [0, 0.05) is 0 Å². The van der Waals surface area contributed by atoms with E-state index in [1.807, 2.05) is 0 Å². The van der Waals surface area contributed by atoms with Gasteiger partial charge in [0.2, 0.25) is 6.34 Å². The van der Waals surface area contributed by atoms with Gasteiger partial charge in [-0.1, -0.05) is 0 Å². The molecule has 1 heterocycles. The molecule has 1 amide bonds. The lowest BCUT2D eigenvalue weighted by Crippen LogP contribution is -2.37. The standard InChI is InChI=1S/C5H6N2O2/c1-5(8)7(9)3-2-6-4-7/h2-4H,1H3. The average molecular weight is 126 g/mol. The highest BCUT2D eigenvalue weighted by atomic mass is 16.6. The number of rotatable bonds is 0. The molecule has 48 valence electrons. The van der Waals surface area contributed by atoms with Gasteiger partial charge in [0.15, 0.2) is 0 Å². The molecule has 0 aromatic carbocycles. The normalized spacial score (nSPS) is 31.3. The van der Waals surface area contributed by atoms with E-state index in [4.69, 9.17) is 0 Å². The fourth-order valence-electron chi connectivity index (χ4n) is 0.500. The van der Waals surface area contributed by atoms with Crippen LogP contribution in [0.4, 0.5) is 0 Å². The van der Waals surface area contributed by atoms with Crippen molar-refractivity contribution < 1.29 is 9.44 Å². The van der Waals surface area contributed by atoms with Crippen LogP contribution < -0.4 is 0 Å². The lowest BCUT2D eigenvalue weighted by atomic mass is 10.6. The second-order valence-electron chi connectivity index (χ2n) is 1.79. The van der Waals surface area contributed by atoms with Crippen molar-refractivity contribution in [2.45, 2.75) is 6.92 Å². The third-order valence-corrected chi connectivity index (χ3v) is 1.10. The molecule has 0 aromatic rings. The summed E-state index contributed by atoms with van der Waals surface area (Å²) in [4.78, 5) is 14.0. The Hall–Kier alpha value is -1.00. The smallest absolute Gasteiger partial charge is 0.321 e. The number of carbonyl (C=O) groups is 1. The van der Waals surface area contributed by atoms with Gasteiger partial charge in [-0.15, -0.1) is 0 Å². The molecule has 0 aliphatic carbocycles. The van der Waals surface area contributed by atoms with Gasteiger partial charge < -0.3 is 5.21 Å². The average Bonchev–Trinajstić information content (AvgIpc) is 2.16. The summed E-state index contributed by atoms with van der Waals surface area (Å²) in [6, 6.07) is 0. The number of nitrogens with zero attached hydrogens (tertiary/aromatic N) is 2. The summed E-state index contributed by atoms with van der Waals surface area (Å²) in [5.74, 6) is -0.479. The van der Waals surface area contributed by atoms with Gasteiger partial charge in [0.1, 0.15) is 6.20 Å². The van der Waals surface area contributed by atoms with E-state index in [1.165, 1.54) is 19.3 Å². The number of amides is 1.